The Hall–Kier alpha value is -3.90. The van der Waals surface area contributed by atoms with Crippen LogP contribution in [0.2, 0.25) is 0 Å². The van der Waals surface area contributed by atoms with Crippen LogP contribution < -0.4 is 9.47 Å². The molecule has 3 aromatic carbocycles. The van der Waals surface area contributed by atoms with Crippen LogP contribution in [0, 0.1) is 5.41 Å². The predicted octanol–water partition coefficient (Wildman–Crippen LogP) is 4.74. The molecule has 0 amide bonds. The highest BCUT2D eigenvalue weighted by atomic mass is 16.5. The molecule has 0 fully saturated rings. The summed E-state index contributed by atoms with van der Waals surface area (Å²) in [6.07, 6.45) is 4.00. The Morgan fingerprint density at radius 2 is 1.67 bits per heavy atom. The second-order valence-electron chi connectivity index (χ2n) is 7.42. The molecule has 0 saturated heterocycles. The van der Waals surface area contributed by atoms with E-state index in [9.17, 15) is 9.90 Å². The van der Waals surface area contributed by atoms with Crippen molar-refractivity contribution in [2.75, 3.05) is 13.2 Å². The SMILES string of the molecule is N=C(COc1ccc(COc2ccc(CCC(=O)O)cc2)cc1/C=C\CO)c1ccccc1. The molecule has 6 nitrogen and oxygen atoms in total. The van der Waals surface area contributed by atoms with Gasteiger partial charge in [-0.25, -0.2) is 0 Å². The highest BCUT2D eigenvalue weighted by Crippen LogP contribution is 2.24. The first kappa shape index (κ1) is 23.8. The number of hydrogen-bond donors (Lipinski definition) is 3. The molecule has 0 aliphatic carbocycles. The second-order valence-corrected chi connectivity index (χ2v) is 7.42. The van der Waals surface area contributed by atoms with E-state index in [4.69, 9.17) is 20.0 Å². The minimum atomic E-state index is -0.814. The maximum Gasteiger partial charge on any atom is 0.303 e. The van der Waals surface area contributed by atoms with Crippen LogP contribution >= 0.6 is 0 Å². The fraction of sp³-hybridized carbons (Fsp3) is 0.185. The smallest absolute Gasteiger partial charge is 0.303 e. The number of nitrogens with one attached hydrogen (secondary N) is 1. The number of carboxylic acids is 1. The van der Waals surface area contributed by atoms with Gasteiger partial charge in [-0.15, -0.1) is 0 Å². The quantitative estimate of drug-likeness (QED) is 0.350. The molecule has 0 bridgehead atoms. The van der Waals surface area contributed by atoms with Gasteiger partial charge in [-0.05, 0) is 47.4 Å². The first-order valence-corrected chi connectivity index (χ1v) is 10.6. The molecular weight excluding hydrogens is 418 g/mol. The Bertz CT molecular complexity index is 1090. The lowest BCUT2D eigenvalue weighted by atomic mass is 10.1. The van der Waals surface area contributed by atoms with Crippen molar-refractivity contribution < 1.29 is 24.5 Å². The Balaban J connectivity index is 1.63. The molecule has 3 rings (SSSR count). The molecule has 6 heteroatoms. The molecule has 0 radical (unpaired) electrons. The monoisotopic (exact) mass is 445 g/mol. The third-order valence-corrected chi connectivity index (χ3v) is 4.93. The molecule has 3 N–H and O–H groups in total. The van der Waals surface area contributed by atoms with E-state index in [1.54, 1.807) is 12.2 Å². The average Bonchev–Trinajstić information content (AvgIpc) is 2.85. The van der Waals surface area contributed by atoms with Crippen molar-refractivity contribution in [3.8, 4) is 11.5 Å². The lowest BCUT2D eigenvalue weighted by Crippen LogP contribution is -2.12. The fourth-order valence-electron chi connectivity index (χ4n) is 3.17. The van der Waals surface area contributed by atoms with Crippen LogP contribution in [-0.4, -0.2) is 35.1 Å². The van der Waals surface area contributed by atoms with Gasteiger partial charge in [0.2, 0.25) is 0 Å². The van der Waals surface area contributed by atoms with E-state index in [2.05, 4.69) is 0 Å². The molecular formula is C27H27NO5. The van der Waals surface area contributed by atoms with Crippen LogP contribution in [0.3, 0.4) is 0 Å². The zero-order chi connectivity index (χ0) is 23.5. The first-order chi connectivity index (χ1) is 16.0. The molecule has 33 heavy (non-hydrogen) atoms. The molecule has 0 aromatic heterocycles. The van der Waals surface area contributed by atoms with Crippen LogP contribution in [0.5, 0.6) is 11.5 Å². The normalized spacial score (nSPS) is 10.8. The molecule has 170 valence electrons. The van der Waals surface area contributed by atoms with Gasteiger partial charge < -0.3 is 25.1 Å². The van der Waals surface area contributed by atoms with Gasteiger partial charge in [-0.2, -0.15) is 0 Å². The van der Waals surface area contributed by atoms with Gasteiger partial charge in [0.15, 0.2) is 0 Å². The second kappa shape index (κ2) is 12.2. The van der Waals surface area contributed by atoms with Crippen LogP contribution in [0.15, 0.2) is 78.9 Å². The number of carbonyl (C=O) groups is 1. The highest BCUT2D eigenvalue weighted by molar-refractivity contribution is 5.99. The third-order valence-electron chi connectivity index (χ3n) is 4.93. The number of aryl methyl sites for hydroxylation is 1. The zero-order valence-electron chi connectivity index (χ0n) is 18.2. The number of hydrogen-bond acceptors (Lipinski definition) is 5. The summed E-state index contributed by atoms with van der Waals surface area (Å²) in [5, 5.41) is 26.2. The van der Waals surface area contributed by atoms with Crippen LogP contribution in [0.25, 0.3) is 6.08 Å². The molecule has 3 aromatic rings. The van der Waals surface area contributed by atoms with E-state index in [0.717, 1.165) is 22.3 Å². The van der Waals surface area contributed by atoms with Crippen LogP contribution in [0.4, 0.5) is 0 Å². The Labute approximate surface area is 193 Å². The van der Waals surface area contributed by atoms with Gasteiger partial charge in [-0.1, -0.05) is 60.7 Å². The Morgan fingerprint density at radius 1 is 0.939 bits per heavy atom. The van der Waals surface area contributed by atoms with Gasteiger partial charge in [-0.3, -0.25) is 4.79 Å². The largest absolute Gasteiger partial charge is 0.489 e. The molecule has 0 aliphatic heterocycles. The van der Waals surface area contributed by atoms with E-state index in [1.165, 1.54) is 0 Å². The topological polar surface area (TPSA) is 99.8 Å². The highest BCUT2D eigenvalue weighted by Gasteiger charge is 2.07. The van der Waals surface area contributed by atoms with Crippen molar-refractivity contribution in [2.45, 2.75) is 19.4 Å². The molecule has 0 heterocycles. The van der Waals surface area contributed by atoms with E-state index in [1.807, 2.05) is 72.8 Å². The van der Waals surface area contributed by atoms with E-state index >= 15 is 0 Å². The van der Waals surface area contributed by atoms with Gasteiger partial charge in [0.1, 0.15) is 24.7 Å². The summed E-state index contributed by atoms with van der Waals surface area (Å²) < 4.78 is 11.7. The number of aliphatic hydroxyl groups excluding tert-OH is 1. The van der Waals surface area contributed by atoms with Crippen molar-refractivity contribution in [1.29, 1.82) is 5.41 Å². The minimum absolute atomic E-state index is 0.0891. The van der Waals surface area contributed by atoms with E-state index in [-0.39, 0.29) is 19.6 Å². The number of carboxylic acid groups (broad SMARTS) is 1. The minimum Gasteiger partial charge on any atom is -0.489 e. The number of aliphatic carboxylic acids is 1. The number of benzene rings is 3. The molecule has 0 aliphatic rings. The van der Waals surface area contributed by atoms with Crippen molar-refractivity contribution in [1.82, 2.24) is 0 Å². The van der Waals surface area contributed by atoms with Crippen LogP contribution in [-0.2, 0) is 17.8 Å². The van der Waals surface area contributed by atoms with Crippen molar-refractivity contribution in [3.63, 3.8) is 0 Å². The first-order valence-electron chi connectivity index (χ1n) is 10.6. The van der Waals surface area contributed by atoms with Gasteiger partial charge in [0.25, 0.3) is 0 Å². The van der Waals surface area contributed by atoms with Gasteiger partial charge >= 0.3 is 5.97 Å². The van der Waals surface area contributed by atoms with Gasteiger partial charge in [0.05, 0.1) is 12.3 Å². The summed E-state index contributed by atoms with van der Waals surface area (Å²) in [5.74, 6) is 0.496. The maximum atomic E-state index is 10.7. The van der Waals surface area contributed by atoms with Crippen molar-refractivity contribution >= 4 is 17.8 Å². The number of aliphatic hydroxyl groups is 1. The lowest BCUT2D eigenvalue weighted by Gasteiger charge is -2.13. The number of rotatable bonds is 12. The van der Waals surface area contributed by atoms with Gasteiger partial charge in [0, 0.05) is 12.0 Å². The lowest BCUT2D eigenvalue weighted by molar-refractivity contribution is -0.136. The summed E-state index contributed by atoms with van der Waals surface area (Å²) in [7, 11) is 0. The summed E-state index contributed by atoms with van der Waals surface area (Å²) in [5.41, 5.74) is 3.85. The summed E-state index contributed by atoms with van der Waals surface area (Å²) in [6.45, 7) is 0.386. The van der Waals surface area contributed by atoms with Crippen molar-refractivity contribution in [2.24, 2.45) is 0 Å². The fourth-order valence-corrected chi connectivity index (χ4v) is 3.17. The Kier molecular flexibility index (Phi) is 8.79. The Morgan fingerprint density at radius 3 is 2.36 bits per heavy atom. The predicted molar refractivity (Wildman–Crippen MR) is 128 cm³/mol. The molecule has 0 spiro atoms. The van der Waals surface area contributed by atoms with E-state index < -0.39 is 5.97 Å². The zero-order valence-corrected chi connectivity index (χ0v) is 18.2. The molecule has 0 atom stereocenters. The maximum absolute atomic E-state index is 10.7. The standard InChI is InChI=1S/C27H27NO5/c28-25(22-5-2-1-3-6-22)19-33-26-14-10-21(17-23(26)7-4-16-29)18-32-24-12-8-20(9-13-24)11-15-27(30)31/h1-10,12-14,17,28-29H,11,15-16,18-19H2,(H,30,31)/b7-4-,28-25?. The number of ether oxygens (including phenoxy) is 2. The van der Waals surface area contributed by atoms with E-state index in [0.29, 0.717) is 30.2 Å². The van der Waals surface area contributed by atoms with Crippen LogP contribution in [0.1, 0.15) is 28.7 Å². The summed E-state index contributed by atoms with van der Waals surface area (Å²) in [4.78, 5) is 10.7. The summed E-state index contributed by atoms with van der Waals surface area (Å²) in [6, 6.07) is 22.5. The molecule has 0 unspecified atom stereocenters. The third kappa shape index (κ3) is 7.63. The molecule has 0 saturated carbocycles. The summed E-state index contributed by atoms with van der Waals surface area (Å²) >= 11 is 0. The van der Waals surface area contributed by atoms with Crippen molar-refractivity contribution in [3.05, 3.63) is 101 Å². The average molecular weight is 446 g/mol.